The second-order valence-corrected chi connectivity index (χ2v) is 4.47. The summed E-state index contributed by atoms with van der Waals surface area (Å²) in [6, 6.07) is 2.35. The van der Waals surface area contributed by atoms with E-state index in [9.17, 15) is 0 Å². The zero-order valence-corrected chi connectivity index (χ0v) is 9.71. The third-order valence-electron chi connectivity index (χ3n) is 2.11. The summed E-state index contributed by atoms with van der Waals surface area (Å²) in [6.07, 6.45) is 3.55. The average molecular weight is 211 g/mol. The molecule has 0 amide bonds. The van der Waals surface area contributed by atoms with Crippen LogP contribution in [-0.2, 0) is 0 Å². The number of hydrogen-bond donors (Lipinski definition) is 1. The highest BCUT2D eigenvalue weighted by Crippen LogP contribution is 2.15. The smallest absolute Gasteiger partial charge is 0.187 e. The molecule has 1 aromatic heterocycles. The van der Waals surface area contributed by atoms with Crippen LogP contribution in [0, 0.1) is 5.92 Å². The highest BCUT2D eigenvalue weighted by atomic mass is 32.2. The topological polar surface area (TPSA) is 37.8 Å². The van der Waals surface area contributed by atoms with E-state index in [-0.39, 0.29) is 0 Å². The van der Waals surface area contributed by atoms with Crippen LogP contribution in [-0.4, -0.2) is 28.8 Å². The van der Waals surface area contributed by atoms with Gasteiger partial charge in [0.15, 0.2) is 5.16 Å². The van der Waals surface area contributed by atoms with E-state index in [1.165, 1.54) is 0 Å². The van der Waals surface area contributed by atoms with Crippen LogP contribution in [0.15, 0.2) is 23.6 Å². The Kier molecular flexibility index (Phi) is 4.90. The van der Waals surface area contributed by atoms with Gasteiger partial charge in [-0.25, -0.2) is 9.97 Å². The van der Waals surface area contributed by atoms with Gasteiger partial charge in [-0.05, 0) is 19.0 Å². The van der Waals surface area contributed by atoms with Gasteiger partial charge in [-0.2, -0.15) is 0 Å². The van der Waals surface area contributed by atoms with Crippen molar-refractivity contribution in [2.24, 2.45) is 5.92 Å². The van der Waals surface area contributed by atoms with Gasteiger partial charge in [0.25, 0.3) is 0 Å². The van der Waals surface area contributed by atoms with E-state index in [1.54, 1.807) is 24.2 Å². The Morgan fingerprint density at radius 2 is 2.00 bits per heavy atom. The van der Waals surface area contributed by atoms with Gasteiger partial charge in [0.2, 0.25) is 0 Å². The Bertz CT molecular complexity index is 251. The minimum atomic E-state index is 0.517. The summed E-state index contributed by atoms with van der Waals surface area (Å²) < 4.78 is 0. The van der Waals surface area contributed by atoms with Crippen LogP contribution in [0.5, 0.6) is 0 Å². The molecule has 3 nitrogen and oxygen atoms in total. The average Bonchev–Trinajstić information content (AvgIpc) is 2.20. The molecule has 0 aliphatic carbocycles. The molecule has 1 unspecified atom stereocenters. The second-order valence-electron chi connectivity index (χ2n) is 3.48. The number of nitrogens with zero attached hydrogens (tertiary/aromatic N) is 2. The SMILES string of the molecule is CNC(CSc1ncccn1)C(C)C. The number of aromatic nitrogens is 2. The Morgan fingerprint density at radius 3 is 2.50 bits per heavy atom. The first-order valence-corrected chi connectivity index (χ1v) is 5.79. The molecule has 78 valence electrons. The van der Waals surface area contributed by atoms with Crippen molar-refractivity contribution >= 4 is 11.8 Å². The fourth-order valence-corrected chi connectivity index (χ4v) is 2.28. The van der Waals surface area contributed by atoms with Gasteiger partial charge in [-0.1, -0.05) is 25.6 Å². The van der Waals surface area contributed by atoms with Crippen molar-refractivity contribution in [3.8, 4) is 0 Å². The third-order valence-corrected chi connectivity index (χ3v) is 3.10. The summed E-state index contributed by atoms with van der Waals surface area (Å²) in [4.78, 5) is 8.34. The molecule has 1 N–H and O–H groups in total. The van der Waals surface area contributed by atoms with Crippen molar-refractivity contribution in [1.29, 1.82) is 0 Å². The van der Waals surface area contributed by atoms with E-state index < -0.39 is 0 Å². The summed E-state index contributed by atoms with van der Waals surface area (Å²) in [7, 11) is 2.00. The van der Waals surface area contributed by atoms with Crippen molar-refractivity contribution < 1.29 is 0 Å². The van der Waals surface area contributed by atoms with Crippen LogP contribution in [0.3, 0.4) is 0 Å². The lowest BCUT2D eigenvalue weighted by atomic mass is 10.1. The highest BCUT2D eigenvalue weighted by molar-refractivity contribution is 7.99. The normalized spacial score (nSPS) is 13.1. The molecule has 0 saturated heterocycles. The fraction of sp³-hybridized carbons (Fsp3) is 0.600. The molecule has 0 aliphatic rings. The van der Waals surface area contributed by atoms with Crippen molar-refractivity contribution in [2.75, 3.05) is 12.8 Å². The van der Waals surface area contributed by atoms with E-state index in [0.29, 0.717) is 12.0 Å². The molecular weight excluding hydrogens is 194 g/mol. The summed E-state index contributed by atoms with van der Waals surface area (Å²) in [6.45, 7) is 4.43. The molecule has 1 atom stereocenters. The van der Waals surface area contributed by atoms with E-state index in [1.807, 2.05) is 13.1 Å². The lowest BCUT2D eigenvalue weighted by Crippen LogP contribution is -2.32. The fourth-order valence-electron chi connectivity index (χ4n) is 1.13. The predicted molar refractivity (Wildman–Crippen MR) is 60.4 cm³/mol. The minimum Gasteiger partial charge on any atom is -0.316 e. The number of rotatable bonds is 5. The Balaban J connectivity index is 2.40. The largest absolute Gasteiger partial charge is 0.316 e. The molecule has 1 heterocycles. The first-order chi connectivity index (χ1) is 6.74. The number of hydrogen-bond acceptors (Lipinski definition) is 4. The van der Waals surface area contributed by atoms with Crippen LogP contribution in [0.4, 0.5) is 0 Å². The van der Waals surface area contributed by atoms with Crippen LogP contribution in [0.25, 0.3) is 0 Å². The zero-order valence-electron chi connectivity index (χ0n) is 8.90. The molecule has 0 spiro atoms. The van der Waals surface area contributed by atoms with Gasteiger partial charge < -0.3 is 5.32 Å². The monoisotopic (exact) mass is 211 g/mol. The van der Waals surface area contributed by atoms with E-state index in [2.05, 4.69) is 29.1 Å². The molecule has 0 fully saturated rings. The summed E-state index contributed by atoms with van der Waals surface area (Å²) >= 11 is 1.70. The Morgan fingerprint density at radius 1 is 1.36 bits per heavy atom. The molecule has 4 heteroatoms. The Labute approximate surface area is 89.7 Å². The van der Waals surface area contributed by atoms with Crippen molar-refractivity contribution in [1.82, 2.24) is 15.3 Å². The Hall–Kier alpha value is -0.610. The summed E-state index contributed by atoms with van der Waals surface area (Å²) in [5.74, 6) is 1.65. The highest BCUT2D eigenvalue weighted by Gasteiger charge is 2.11. The molecular formula is C10H17N3S. The minimum absolute atomic E-state index is 0.517. The molecule has 1 aromatic rings. The standard InChI is InChI=1S/C10H17N3S/c1-8(2)9(11-3)7-14-10-12-5-4-6-13-10/h4-6,8-9,11H,7H2,1-3H3. The van der Waals surface area contributed by atoms with Crippen molar-refractivity contribution in [3.05, 3.63) is 18.5 Å². The van der Waals surface area contributed by atoms with Gasteiger partial charge in [-0.3, -0.25) is 0 Å². The lowest BCUT2D eigenvalue weighted by molar-refractivity contribution is 0.465. The van der Waals surface area contributed by atoms with E-state index in [0.717, 1.165) is 10.9 Å². The molecule has 0 saturated carbocycles. The summed E-state index contributed by atoms with van der Waals surface area (Å²) in [5, 5.41) is 4.15. The molecule has 0 aromatic carbocycles. The number of nitrogens with one attached hydrogen (secondary N) is 1. The molecule has 0 bridgehead atoms. The third kappa shape index (κ3) is 3.64. The van der Waals surface area contributed by atoms with Crippen molar-refractivity contribution in [3.63, 3.8) is 0 Å². The molecule has 1 rings (SSSR count). The molecule has 14 heavy (non-hydrogen) atoms. The quantitative estimate of drug-likeness (QED) is 0.595. The predicted octanol–water partition coefficient (Wildman–Crippen LogP) is 1.81. The lowest BCUT2D eigenvalue weighted by Gasteiger charge is -2.18. The maximum atomic E-state index is 4.17. The maximum Gasteiger partial charge on any atom is 0.187 e. The zero-order chi connectivity index (χ0) is 10.4. The maximum absolute atomic E-state index is 4.17. The van der Waals surface area contributed by atoms with Crippen LogP contribution < -0.4 is 5.32 Å². The first-order valence-electron chi connectivity index (χ1n) is 4.81. The second kappa shape index (κ2) is 5.98. The first kappa shape index (κ1) is 11.5. The van der Waals surface area contributed by atoms with Crippen LogP contribution >= 0.6 is 11.8 Å². The van der Waals surface area contributed by atoms with E-state index in [4.69, 9.17) is 0 Å². The van der Waals surface area contributed by atoms with Gasteiger partial charge in [-0.15, -0.1) is 0 Å². The van der Waals surface area contributed by atoms with Gasteiger partial charge >= 0.3 is 0 Å². The van der Waals surface area contributed by atoms with Gasteiger partial charge in [0.05, 0.1) is 0 Å². The molecule has 0 radical (unpaired) electrons. The number of thioether (sulfide) groups is 1. The van der Waals surface area contributed by atoms with Gasteiger partial charge in [0.1, 0.15) is 0 Å². The van der Waals surface area contributed by atoms with Crippen molar-refractivity contribution in [2.45, 2.75) is 25.0 Å². The summed E-state index contributed by atoms with van der Waals surface area (Å²) in [5.41, 5.74) is 0. The van der Waals surface area contributed by atoms with Crippen LogP contribution in [0.2, 0.25) is 0 Å². The van der Waals surface area contributed by atoms with Gasteiger partial charge in [0, 0.05) is 24.2 Å². The van der Waals surface area contributed by atoms with Crippen LogP contribution in [0.1, 0.15) is 13.8 Å². The van der Waals surface area contributed by atoms with E-state index >= 15 is 0 Å². The molecule has 0 aliphatic heterocycles.